The second-order valence-corrected chi connectivity index (χ2v) is 5.69. The largest absolute Gasteiger partial charge is 0.437 e. The number of ether oxygens (including phenoxy) is 1. The molecule has 0 unspecified atom stereocenters. The lowest BCUT2D eigenvalue weighted by Crippen LogP contribution is -2.36. The first-order valence-corrected chi connectivity index (χ1v) is 7.60. The summed E-state index contributed by atoms with van der Waals surface area (Å²) < 4.78 is 11.5. The molecular formula is C13H15N3O4S. The Hall–Kier alpha value is -1.93. The van der Waals surface area contributed by atoms with Gasteiger partial charge in [-0.3, -0.25) is 4.79 Å². The molecule has 1 atom stereocenters. The Morgan fingerprint density at radius 1 is 1.57 bits per heavy atom. The number of hydrogen-bond acceptors (Lipinski definition) is 6. The Labute approximate surface area is 124 Å². The fourth-order valence-corrected chi connectivity index (χ4v) is 2.78. The zero-order valence-corrected chi connectivity index (χ0v) is 12.1. The van der Waals surface area contributed by atoms with Crippen LogP contribution in [0, 0.1) is 0 Å². The summed E-state index contributed by atoms with van der Waals surface area (Å²) in [4.78, 5) is 24.2. The molecule has 0 aromatic carbocycles. The van der Waals surface area contributed by atoms with Crippen LogP contribution in [0.2, 0.25) is 0 Å². The second kappa shape index (κ2) is 6.23. The zero-order valence-electron chi connectivity index (χ0n) is 11.3. The molecule has 0 radical (unpaired) electrons. The quantitative estimate of drug-likeness (QED) is 0.885. The van der Waals surface area contributed by atoms with Gasteiger partial charge in [0.05, 0.1) is 11.0 Å². The van der Waals surface area contributed by atoms with Crippen molar-refractivity contribution in [3.63, 3.8) is 0 Å². The van der Waals surface area contributed by atoms with E-state index in [1.807, 2.05) is 11.4 Å². The average molecular weight is 309 g/mol. The van der Waals surface area contributed by atoms with E-state index in [1.165, 1.54) is 11.3 Å². The average Bonchev–Trinajstić information content (AvgIpc) is 3.18. The predicted molar refractivity (Wildman–Crippen MR) is 76.1 cm³/mol. The lowest BCUT2D eigenvalue weighted by atomic mass is 10.2. The van der Waals surface area contributed by atoms with Gasteiger partial charge >= 0.3 is 5.76 Å². The fraction of sp³-hybridized carbons (Fsp3) is 0.462. The highest BCUT2D eigenvalue weighted by Crippen LogP contribution is 2.20. The molecule has 1 N–H and O–H groups in total. The first-order chi connectivity index (χ1) is 10.2. The van der Waals surface area contributed by atoms with Crippen LogP contribution in [0.25, 0.3) is 10.8 Å². The molecule has 0 saturated carbocycles. The molecule has 0 spiro atoms. The predicted octanol–water partition coefficient (Wildman–Crippen LogP) is 0.860. The SMILES string of the molecule is O=C(Cn1nc(-c2cccs2)oc1=O)NC[C@H]1CCCO1. The van der Waals surface area contributed by atoms with Crippen molar-refractivity contribution in [2.24, 2.45) is 0 Å². The maximum Gasteiger partial charge on any atom is 0.437 e. The summed E-state index contributed by atoms with van der Waals surface area (Å²) in [7, 11) is 0. The van der Waals surface area contributed by atoms with Crippen molar-refractivity contribution in [1.29, 1.82) is 0 Å². The number of nitrogens with one attached hydrogen (secondary N) is 1. The highest BCUT2D eigenvalue weighted by Gasteiger charge is 2.17. The van der Waals surface area contributed by atoms with E-state index >= 15 is 0 Å². The molecule has 3 heterocycles. The summed E-state index contributed by atoms with van der Waals surface area (Å²) in [6.07, 6.45) is 2.05. The molecule has 8 heteroatoms. The molecule has 2 aromatic rings. The third-order valence-corrected chi connectivity index (χ3v) is 4.04. The van der Waals surface area contributed by atoms with Crippen LogP contribution in [0.1, 0.15) is 12.8 Å². The molecule has 112 valence electrons. The van der Waals surface area contributed by atoms with Crippen LogP contribution < -0.4 is 11.1 Å². The number of carbonyl (C=O) groups excluding carboxylic acids is 1. The summed E-state index contributed by atoms with van der Waals surface area (Å²) >= 11 is 1.42. The van der Waals surface area contributed by atoms with Gasteiger partial charge in [0.2, 0.25) is 5.91 Å². The number of nitrogens with zero attached hydrogens (tertiary/aromatic N) is 2. The molecule has 0 bridgehead atoms. The number of aromatic nitrogens is 2. The van der Waals surface area contributed by atoms with Crippen LogP contribution in [0.15, 0.2) is 26.7 Å². The minimum Gasteiger partial charge on any atom is -0.387 e. The molecule has 7 nitrogen and oxygen atoms in total. The van der Waals surface area contributed by atoms with Crippen LogP contribution in [0.4, 0.5) is 0 Å². The van der Waals surface area contributed by atoms with E-state index < -0.39 is 5.76 Å². The van der Waals surface area contributed by atoms with E-state index in [4.69, 9.17) is 9.15 Å². The van der Waals surface area contributed by atoms with Gasteiger partial charge in [0.25, 0.3) is 5.89 Å². The molecule has 1 aliphatic rings. The summed E-state index contributed by atoms with van der Waals surface area (Å²) in [5, 5.41) is 8.63. The minimum absolute atomic E-state index is 0.0738. The van der Waals surface area contributed by atoms with Gasteiger partial charge in [0, 0.05) is 13.2 Å². The lowest BCUT2D eigenvalue weighted by molar-refractivity contribution is -0.122. The number of thiophene rings is 1. The Morgan fingerprint density at radius 2 is 2.48 bits per heavy atom. The Morgan fingerprint density at radius 3 is 3.19 bits per heavy atom. The van der Waals surface area contributed by atoms with Crippen LogP contribution >= 0.6 is 11.3 Å². The fourth-order valence-electron chi connectivity index (χ4n) is 2.13. The summed E-state index contributed by atoms with van der Waals surface area (Å²) in [6, 6.07) is 3.64. The number of hydrogen-bond donors (Lipinski definition) is 1. The third kappa shape index (κ3) is 3.40. The first kappa shape index (κ1) is 14.0. The van der Waals surface area contributed by atoms with Gasteiger partial charge in [-0.05, 0) is 24.3 Å². The Kier molecular flexibility index (Phi) is 4.16. The molecule has 2 aromatic heterocycles. The van der Waals surface area contributed by atoms with Gasteiger partial charge in [-0.15, -0.1) is 16.4 Å². The van der Waals surface area contributed by atoms with Crippen molar-refractivity contribution in [2.75, 3.05) is 13.2 Å². The van der Waals surface area contributed by atoms with Crippen LogP contribution in [-0.4, -0.2) is 34.9 Å². The topological polar surface area (TPSA) is 86.4 Å². The van der Waals surface area contributed by atoms with E-state index in [1.54, 1.807) is 6.07 Å². The van der Waals surface area contributed by atoms with Crippen molar-refractivity contribution in [3.05, 3.63) is 28.1 Å². The number of amides is 1. The summed E-state index contributed by atoms with van der Waals surface area (Å²) in [5.41, 5.74) is 0. The normalized spacial score (nSPS) is 18.0. The third-order valence-electron chi connectivity index (χ3n) is 3.18. The highest BCUT2D eigenvalue weighted by atomic mass is 32.1. The van der Waals surface area contributed by atoms with E-state index in [9.17, 15) is 9.59 Å². The summed E-state index contributed by atoms with van der Waals surface area (Å²) in [6.45, 7) is 1.05. The van der Waals surface area contributed by atoms with E-state index in [0.29, 0.717) is 6.54 Å². The molecule has 1 amide bonds. The van der Waals surface area contributed by atoms with Gasteiger partial charge in [-0.25, -0.2) is 4.79 Å². The number of carbonyl (C=O) groups is 1. The van der Waals surface area contributed by atoms with Crippen molar-refractivity contribution >= 4 is 17.2 Å². The second-order valence-electron chi connectivity index (χ2n) is 4.75. The van der Waals surface area contributed by atoms with Crippen molar-refractivity contribution in [3.8, 4) is 10.8 Å². The van der Waals surface area contributed by atoms with Crippen molar-refractivity contribution < 1.29 is 13.9 Å². The monoisotopic (exact) mass is 309 g/mol. The maximum atomic E-state index is 11.8. The minimum atomic E-state index is -0.634. The van der Waals surface area contributed by atoms with E-state index in [-0.39, 0.29) is 24.4 Å². The van der Waals surface area contributed by atoms with Gasteiger partial charge in [-0.2, -0.15) is 4.68 Å². The Balaban J connectivity index is 1.59. The molecule has 1 aliphatic heterocycles. The number of rotatable bonds is 5. The molecule has 1 saturated heterocycles. The lowest BCUT2D eigenvalue weighted by Gasteiger charge is -2.10. The molecular weight excluding hydrogens is 294 g/mol. The van der Waals surface area contributed by atoms with Crippen LogP contribution in [0.5, 0.6) is 0 Å². The van der Waals surface area contributed by atoms with Crippen molar-refractivity contribution in [1.82, 2.24) is 15.1 Å². The zero-order chi connectivity index (χ0) is 14.7. The smallest absolute Gasteiger partial charge is 0.387 e. The van der Waals surface area contributed by atoms with Gasteiger partial charge in [0.15, 0.2) is 0 Å². The maximum absolute atomic E-state index is 11.8. The van der Waals surface area contributed by atoms with Gasteiger partial charge < -0.3 is 14.5 Å². The van der Waals surface area contributed by atoms with Gasteiger partial charge in [-0.1, -0.05) is 6.07 Å². The molecule has 3 rings (SSSR count). The molecule has 1 fully saturated rings. The summed E-state index contributed by atoms with van der Waals surface area (Å²) in [5.74, 6) is -0.675. The first-order valence-electron chi connectivity index (χ1n) is 6.72. The van der Waals surface area contributed by atoms with E-state index in [0.717, 1.165) is 29.0 Å². The molecule has 0 aliphatic carbocycles. The van der Waals surface area contributed by atoms with E-state index in [2.05, 4.69) is 10.4 Å². The highest BCUT2D eigenvalue weighted by molar-refractivity contribution is 7.13. The molecule has 21 heavy (non-hydrogen) atoms. The van der Waals surface area contributed by atoms with Crippen LogP contribution in [0.3, 0.4) is 0 Å². The Bertz CT molecular complexity index is 655. The van der Waals surface area contributed by atoms with Crippen LogP contribution in [-0.2, 0) is 16.1 Å². The van der Waals surface area contributed by atoms with Gasteiger partial charge in [0.1, 0.15) is 6.54 Å². The standard InChI is InChI=1S/C13H15N3O4S/c17-11(14-7-9-3-1-5-19-9)8-16-13(18)20-12(15-16)10-4-2-6-21-10/h2,4,6,9H,1,3,5,7-8H2,(H,14,17)/t9-/m1/s1. The van der Waals surface area contributed by atoms with Crippen molar-refractivity contribution in [2.45, 2.75) is 25.5 Å².